The second-order valence-electron chi connectivity index (χ2n) is 6.97. The maximum absolute atomic E-state index is 11.9. The fourth-order valence-corrected chi connectivity index (χ4v) is 3.41. The fourth-order valence-electron chi connectivity index (χ4n) is 2.95. The topological polar surface area (TPSA) is 125 Å². The Morgan fingerprint density at radius 2 is 1.91 bits per heavy atom. The van der Waals surface area contributed by atoms with Crippen molar-refractivity contribution < 1.29 is 18.9 Å². The minimum atomic E-state index is -0.430. The van der Waals surface area contributed by atoms with Crippen LogP contribution in [0.5, 0.6) is 11.5 Å². The van der Waals surface area contributed by atoms with Gasteiger partial charge in [-0.3, -0.25) is 4.79 Å². The highest BCUT2D eigenvalue weighted by Crippen LogP contribution is 2.34. The van der Waals surface area contributed by atoms with Gasteiger partial charge in [-0.05, 0) is 53.0 Å². The number of halogens is 1. The molecule has 0 aliphatic rings. The summed E-state index contributed by atoms with van der Waals surface area (Å²) in [6.45, 7) is 6.49. The number of ether oxygens (including phenoxy) is 2. The Balaban J connectivity index is 1.55. The largest absolute Gasteiger partial charge is 0.490 e. The number of hydrogen-bond acceptors (Lipinski definition) is 8. The smallest absolute Gasteiger partial charge is 0.277 e. The third-order valence-corrected chi connectivity index (χ3v) is 5.43. The van der Waals surface area contributed by atoms with E-state index >= 15 is 0 Å². The van der Waals surface area contributed by atoms with Crippen LogP contribution in [0.3, 0.4) is 0 Å². The summed E-state index contributed by atoms with van der Waals surface area (Å²) in [6.07, 6.45) is 0. The lowest BCUT2D eigenvalue weighted by atomic mass is 10.1. The number of rotatable bonds is 11. The molecule has 32 heavy (non-hydrogen) atoms. The van der Waals surface area contributed by atoms with Gasteiger partial charge >= 0.3 is 0 Å². The summed E-state index contributed by atoms with van der Waals surface area (Å²) in [5.74, 6) is 0.897. The Kier molecular flexibility index (Phi) is 8.46. The van der Waals surface area contributed by atoms with Crippen LogP contribution in [0.25, 0.3) is 0 Å². The van der Waals surface area contributed by atoms with Crippen molar-refractivity contribution in [3.63, 3.8) is 0 Å². The average molecular weight is 504 g/mol. The molecule has 0 saturated carbocycles. The van der Waals surface area contributed by atoms with E-state index in [2.05, 4.69) is 60.6 Å². The van der Waals surface area contributed by atoms with E-state index in [1.165, 1.54) is 5.56 Å². The Hall–Kier alpha value is -3.11. The summed E-state index contributed by atoms with van der Waals surface area (Å²) in [5.41, 5.74) is 8.80. The number of anilines is 1. The van der Waals surface area contributed by atoms with Crippen molar-refractivity contribution in [2.24, 2.45) is 0 Å². The van der Waals surface area contributed by atoms with Crippen molar-refractivity contribution in [1.29, 1.82) is 0 Å². The van der Waals surface area contributed by atoms with Crippen LogP contribution in [-0.4, -0.2) is 35.9 Å². The molecule has 10 heteroatoms. The zero-order chi connectivity index (χ0) is 22.9. The monoisotopic (exact) mass is 503 g/mol. The molecule has 0 spiro atoms. The number of nitrogens with one attached hydrogen (secondary N) is 2. The molecule has 0 aliphatic heterocycles. The summed E-state index contributed by atoms with van der Waals surface area (Å²) in [7, 11) is 0. The number of aromatic nitrogens is 2. The van der Waals surface area contributed by atoms with Crippen LogP contribution in [-0.2, 0) is 13.2 Å². The molecule has 4 N–H and O–H groups in total. The van der Waals surface area contributed by atoms with Crippen LogP contribution in [0.4, 0.5) is 5.82 Å². The SMILES string of the molecule is CCOc1cc(CNCCNC(=O)c2nonc2N)c(Br)cc1OCc1ccccc1C. The van der Waals surface area contributed by atoms with Gasteiger partial charge in [0.15, 0.2) is 11.5 Å². The normalized spacial score (nSPS) is 10.7. The minimum Gasteiger partial charge on any atom is -0.490 e. The molecule has 2 aromatic carbocycles. The van der Waals surface area contributed by atoms with E-state index in [1.54, 1.807) is 0 Å². The predicted octanol–water partition coefficient (Wildman–Crippen LogP) is 3.22. The molecule has 0 bridgehead atoms. The molecule has 1 heterocycles. The van der Waals surface area contributed by atoms with Gasteiger partial charge in [-0.1, -0.05) is 40.2 Å². The first-order valence-electron chi connectivity index (χ1n) is 10.2. The van der Waals surface area contributed by atoms with Gasteiger partial charge in [0, 0.05) is 24.1 Å². The van der Waals surface area contributed by atoms with Crippen molar-refractivity contribution in [3.8, 4) is 11.5 Å². The second kappa shape index (κ2) is 11.5. The van der Waals surface area contributed by atoms with Crippen LogP contribution in [0.2, 0.25) is 0 Å². The van der Waals surface area contributed by atoms with Gasteiger partial charge in [0.25, 0.3) is 5.91 Å². The van der Waals surface area contributed by atoms with E-state index in [4.69, 9.17) is 15.2 Å². The molecular weight excluding hydrogens is 478 g/mol. The number of nitrogens with zero attached hydrogens (tertiary/aromatic N) is 2. The lowest BCUT2D eigenvalue weighted by Crippen LogP contribution is -2.32. The van der Waals surface area contributed by atoms with E-state index < -0.39 is 5.91 Å². The predicted molar refractivity (Wildman–Crippen MR) is 124 cm³/mol. The van der Waals surface area contributed by atoms with Gasteiger partial charge < -0.3 is 25.8 Å². The van der Waals surface area contributed by atoms with Crippen molar-refractivity contribution in [3.05, 3.63) is 63.3 Å². The Bertz CT molecular complexity index is 1060. The van der Waals surface area contributed by atoms with Crippen molar-refractivity contribution in [2.75, 3.05) is 25.4 Å². The van der Waals surface area contributed by atoms with Gasteiger partial charge in [-0.25, -0.2) is 4.63 Å². The van der Waals surface area contributed by atoms with E-state index in [1.807, 2.05) is 31.2 Å². The average Bonchev–Trinajstić information content (AvgIpc) is 3.21. The molecule has 0 radical (unpaired) electrons. The number of aryl methyl sites for hydroxylation is 1. The number of nitrogen functional groups attached to an aromatic ring is 1. The maximum Gasteiger partial charge on any atom is 0.277 e. The Morgan fingerprint density at radius 3 is 2.62 bits per heavy atom. The van der Waals surface area contributed by atoms with Crippen molar-refractivity contribution in [2.45, 2.75) is 27.0 Å². The van der Waals surface area contributed by atoms with E-state index in [0.29, 0.717) is 44.3 Å². The van der Waals surface area contributed by atoms with Gasteiger partial charge in [-0.2, -0.15) is 0 Å². The highest BCUT2D eigenvalue weighted by molar-refractivity contribution is 9.10. The third kappa shape index (κ3) is 6.21. The van der Waals surface area contributed by atoms with Crippen LogP contribution < -0.4 is 25.8 Å². The number of amides is 1. The standard InChI is InChI=1S/C22H26BrN5O4/c1-3-30-18-10-16(12-25-8-9-26-22(29)20-21(24)28-32-27-20)17(23)11-19(18)31-13-15-7-5-4-6-14(15)2/h4-7,10-11,25H,3,8-9,12-13H2,1-2H3,(H2,24,28)(H,26,29). The molecule has 0 aliphatic carbocycles. The summed E-state index contributed by atoms with van der Waals surface area (Å²) in [5, 5.41) is 12.8. The second-order valence-corrected chi connectivity index (χ2v) is 7.82. The summed E-state index contributed by atoms with van der Waals surface area (Å²) in [6, 6.07) is 12.0. The number of carbonyl (C=O) groups excluding carboxylic acids is 1. The molecule has 0 atom stereocenters. The first-order chi connectivity index (χ1) is 15.5. The van der Waals surface area contributed by atoms with Crippen molar-refractivity contribution >= 4 is 27.7 Å². The van der Waals surface area contributed by atoms with E-state index in [-0.39, 0.29) is 11.5 Å². The van der Waals surface area contributed by atoms with E-state index in [0.717, 1.165) is 15.6 Å². The molecule has 1 amide bonds. The summed E-state index contributed by atoms with van der Waals surface area (Å²) in [4.78, 5) is 11.9. The highest BCUT2D eigenvalue weighted by atomic mass is 79.9. The van der Waals surface area contributed by atoms with Gasteiger partial charge in [-0.15, -0.1) is 0 Å². The molecule has 0 unspecified atom stereocenters. The summed E-state index contributed by atoms with van der Waals surface area (Å²) >= 11 is 3.61. The first-order valence-corrected chi connectivity index (χ1v) is 11.0. The van der Waals surface area contributed by atoms with Crippen LogP contribution in [0.15, 0.2) is 45.5 Å². The lowest BCUT2D eigenvalue weighted by molar-refractivity contribution is 0.0944. The minimum absolute atomic E-state index is 0.0182. The molecule has 9 nitrogen and oxygen atoms in total. The van der Waals surface area contributed by atoms with Crippen molar-refractivity contribution in [1.82, 2.24) is 20.9 Å². The summed E-state index contributed by atoms with van der Waals surface area (Å²) < 4.78 is 17.2. The highest BCUT2D eigenvalue weighted by Gasteiger charge is 2.15. The molecule has 3 rings (SSSR count). The quantitative estimate of drug-likeness (QED) is 0.340. The third-order valence-electron chi connectivity index (χ3n) is 4.69. The van der Waals surface area contributed by atoms with Gasteiger partial charge in [0.05, 0.1) is 6.61 Å². The van der Waals surface area contributed by atoms with Gasteiger partial charge in [0.2, 0.25) is 11.5 Å². The number of nitrogens with two attached hydrogens (primary N) is 1. The Labute approximate surface area is 194 Å². The molecule has 1 aromatic heterocycles. The first kappa shape index (κ1) is 23.6. The fraction of sp³-hybridized carbons (Fsp3) is 0.318. The van der Waals surface area contributed by atoms with E-state index in [9.17, 15) is 4.79 Å². The zero-order valence-electron chi connectivity index (χ0n) is 18.0. The number of hydrogen-bond donors (Lipinski definition) is 3. The Morgan fingerprint density at radius 1 is 1.12 bits per heavy atom. The lowest BCUT2D eigenvalue weighted by Gasteiger charge is -2.16. The molecule has 3 aromatic rings. The van der Waals surface area contributed by atoms with Crippen LogP contribution in [0.1, 0.15) is 34.1 Å². The molecule has 0 fully saturated rings. The molecular formula is C22H26BrN5O4. The number of benzene rings is 2. The molecule has 0 saturated heterocycles. The van der Waals surface area contributed by atoms with Gasteiger partial charge in [0.1, 0.15) is 6.61 Å². The van der Waals surface area contributed by atoms with Crippen LogP contribution >= 0.6 is 15.9 Å². The zero-order valence-corrected chi connectivity index (χ0v) is 19.6. The number of carbonyl (C=O) groups is 1. The van der Waals surface area contributed by atoms with Crippen LogP contribution in [0, 0.1) is 6.92 Å². The molecule has 170 valence electrons. The maximum atomic E-state index is 11.9.